The number of hydrogen-bond acceptors (Lipinski definition) is 3. The Hall–Kier alpha value is -0.120. The molecule has 0 spiro atoms. The molecule has 3 heteroatoms. The molecule has 2 N–H and O–H groups in total. The fourth-order valence-electron chi connectivity index (χ4n) is 2.43. The largest absolute Gasteiger partial charge is 0.314 e. The van der Waals surface area contributed by atoms with Crippen LogP contribution in [0.1, 0.15) is 19.3 Å². The predicted octanol–water partition coefficient (Wildman–Crippen LogP) is 0.237. The number of piperazine rings is 1. The van der Waals surface area contributed by atoms with Gasteiger partial charge in [-0.3, -0.25) is 4.90 Å². The molecule has 0 radical (unpaired) electrons. The van der Waals surface area contributed by atoms with Gasteiger partial charge in [0.2, 0.25) is 0 Å². The van der Waals surface area contributed by atoms with Crippen LogP contribution in [0, 0.1) is 5.92 Å². The number of hydrogen-bond donors (Lipinski definition) is 2. The Morgan fingerprint density at radius 1 is 1.31 bits per heavy atom. The summed E-state index contributed by atoms with van der Waals surface area (Å²) < 4.78 is 0. The molecule has 1 unspecified atom stereocenters. The van der Waals surface area contributed by atoms with E-state index in [1.54, 1.807) is 0 Å². The van der Waals surface area contributed by atoms with Gasteiger partial charge >= 0.3 is 0 Å². The van der Waals surface area contributed by atoms with Gasteiger partial charge in [-0.2, -0.15) is 0 Å². The molecule has 0 amide bonds. The van der Waals surface area contributed by atoms with Crippen LogP contribution >= 0.6 is 0 Å². The molecule has 0 aromatic heterocycles. The van der Waals surface area contributed by atoms with Crippen LogP contribution < -0.4 is 10.6 Å². The van der Waals surface area contributed by atoms with Crippen LogP contribution in [0.5, 0.6) is 0 Å². The average Bonchev–Trinajstić information content (AvgIpc) is 2.12. The molecule has 1 saturated carbocycles. The van der Waals surface area contributed by atoms with Gasteiger partial charge in [0, 0.05) is 26.2 Å². The van der Waals surface area contributed by atoms with Crippen LogP contribution in [-0.4, -0.2) is 44.3 Å². The molecule has 2 aliphatic rings. The van der Waals surface area contributed by atoms with E-state index in [9.17, 15) is 0 Å². The van der Waals surface area contributed by atoms with E-state index in [0.717, 1.165) is 19.0 Å². The van der Waals surface area contributed by atoms with E-state index in [1.165, 1.54) is 32.4 Å². The van der Waals surface area contributed by atoms with Gasteiger partial charge in [-0.15, -0.1) is 0 Å². The monoisotopic (exact) mass is 183 g/mol. The maximum absolute atomic E-state index is 3.47. The standard InChI is InChI=1S/C10H21N3/c1-11-10(9-3-2-4-9)13-7-5-12-6-8-13/h9-12H,2-8H2,1H3. The van der Waals surface area contributed by atoms with E-state index in [4.69, 9.17) is 0 Å². The molecular weight excluding hydrogens is 162 g/mol. The quantitative estimate of drug-likeness (QED) is 0.656. The summed E-state index contributed by atoms with van der Waals surface area (Å²) in [4.78, 5) is 2.60. The van der Waals surface area contributed by atoms with E-state index in [1.807, 2.05) is 0 Å². The molecule has 2 fully saturated rings. The second-order valence-corrected chi connectivity index (χ2v) is 4.21. The van der Waals surface area contributed by atoms with Crippen molar-refractivity contribution in [1.29, 1.82) is 0 Å². The molecule has 1 heterocycles. The molecule has 0 aromatic carbocycles. The smallest absolute Gasteiger partial charge is 0.0624 e. The topological polar surface area (TPSA) is 27.3 Å². The van der Waals surface area contributed by atoms with Crippen molar-refractivity contribution in [3.63, 3.8) is 0 Å². The van der Waals surface area contributed by atoms with E-state index >= 15 is 0 Å². The lowest BCUT2D eigenvalue weighted by Gasteiger charge is -2.42. The first-order chi connectivity index (χ1) is 6.42. The van der Waals surface area contributed by atoms with Crippen molar-refractivity contribution in [3.8, 4) is 0 Å². The second-order valence-electron chi connectivity index (χ2n) is 4.21. The summed E-state index contributed by atoms with van der Waals surface area (Å²) in [6.07, 6.45) is 4.94. The lowest BCUT2D eigenvalue weighted by Crippen LogP contribution is -2.56. The summed E-state index contributed by atoms with van der Waals surface area (Å²) in [6, 6.07) is 0. The minimum atomic E-state index is 0.649. The Kier molecular flexibility index (Phi) is 3.19. The summed E-state index contributed by atoms with van der Waals surface area (Å²) >= 11 is 0. The fourth-order valence-corrected chi connectivity index (χ4v) is 2.43. The molecule has 76 valence electrons. The third-order valence-electron chi connectivity index (χ3n) is 3.44. The third kappa shape index (κ3) is 2.03. The maximum atomic E-state index is 3.47. The van der Waals surface area contributed by atoms with Crippen LogP contribution in [-0.2, 0) is 0 Å². The minimum absolute atomic E-state index is 0.649. The molecule has 0 bridgehead atoms. The summed E-state index contributed by atoms with van der Waals surface area (Å²) in [5, 5.41) is 6.87. The summed E-state index contributed by atoms with van der Waals surface area (Å²) in [7, 11) is 2.10. The molecule has 0 aromatic rings. The summed E-state index contributed by atoms with van der Waals surface area (Å²) in [5.74, 6) is 0.920. The van der Waals surface area contributed by atoms with Crippen molar-refractivity contribution in [1.82, 2.24) is 15.5 Å². The van der Waals surface area contributed by atoms with Crippen LogP contribution in [0.2, 0.25) is 0 Å². The lowest BCUT2D eigenvalue weighted by atomic mass is 9.82. The molecule has 2 rings (SSSR count). The normalized spacial score (nSPS) is 28.4. The Balaban J connectivity index is 1.86. The summed E-state index contributed by atoms with van der Waals surface area (Å²) in [6.45, 7) is 4.74. The Morgan fingerprint density at radius 2 is 2.00 bits per heavy atom. The molecule has 3 nitrogen and oxygen atoms in total. The highest BCUT2D eigenvalue weighted by Gasteiger charge is 2.30. The van der Waals surface area contributed by atoms with E-state index in [2.05, 4.69) is 22.6 Å². The average molecular weight is 183 g/mol. The van der Waals surface area contributed by atoms with Gasteiger partial charge in [-0.25, -0.2) is 0 Å². The van der Waals surface area contributed by atoms with Gasteiger partial charge in [0.15, 0.2) is 0 Å². The van der Waals surface area contributed by atoms with Gasteiger partial charge in [0.25, 0.3) is 0 Å². The number of nitrogens with one attached hydrogen (secondary N) is 2. The predicted molar refractivity (Wildman–Crippen MR) is 54.6 cm³/mol. The molecule has 1 saturated heterocycles. The highest BCUT2D eigenvalue weighted by atomic mass is 15.3. The third-order valence-corrected chi connectivity index (χ3v) is 3.44. The van der Waals surface area contributed by atoms with Crippen molar-refractivity contribution in [3.05, 3.63) is 0 Å². The molecule has 13 heavy (non-hydrogen) atoms. The minimum Gasteiger partial charge on any atom is -0.314 e. The summed E-state index contributed by atoms with van der Waals surface area (Å²) in [5.41, 5.74) is 0. The molecule has 1 aliphatic heterocycles. The zero-order valence-electron chi connectivity index (χ0n) is 8.55. The zero-order valence-corrected chi connectivity index (χ0v) is 8.55. The Morgan fingerprint density at radius 3 is 2.46 bits per heavy atom. The SMILES string of the molecule is CNC(C1CCC1)N1CCNCC1. The highest BCUT2D eigenvalue weighted by molar-refractivity contribution is 4.84. The van der Waals surface area contributed by atoms with E-state index < -0.39 is 0 Å². The zero-order chi connectivity index (χ0) is 9.10. The van der Waals surface area contributed by atoms with Gasteiger partial charge in [0.05, 0.1) is 6.17 Å². The van der Waals surface area contributed by atoms with Crippen molar-refractivity contribution >= 4 is 0 Å². The molecule has 1 aliphatic carbocycles. The first kappa shape index (κ1) is 9.44. The van der Waals surface area contributed by atoms with Gasteiger partial charge < -0.3 is 10.6 Å². The van der Waals surface area contributed by atoms with Crippen molar-refractivity contribution in [2.24, 2.45) is 5.92 Å². The molecular formula is C10H21N3. The van der Waals surface area contributed by atoms with Crippen LogP contribution in [0.3, 0.4) is 0 Å². The van der Waals surface area contributed by atoms with Gasteiger partial charge in [-0.05, 0) is 25.8 Å². The lowest BCUT2D eigenvalue weighted by molar-refractivity contribution is 0.0659. The maximum Gasteiger partial charge on any atom is 0.0624 e. The van der Waals surface area contributed by atoms with E-state index in [0.29, 0.717) is 6.17 Å². The van der Waals surface area contributed by atoms with Crippen LogP contribution in [0.4, 0.5) is 0 Å². The Labute approximate surface area is 80.9 Å². The number of nitrogens with zero attached hydrogens (tertiary/aromatic N) is 1. The van der Waals surface area contributed by atoms with Crippen molar-refractivity contribution in [2.75, 3.05) is 33.2 Å². The van der Waals surface area contributed by atoms with Gasteiger partial charge in [0.1, 0.15) is 0 Å². The first-order valence-corrected chi connectivity index (χ1v) is 5.54. The van der Waals surface area contributed by atoms with Crippen molar-refractivity contribution in [2.45, 2.75) is 25.4 Å². The fraction of sp³-hybridized carbons (Fsp3) is 1.00. The van der Waals surface area contributed by atoms with Crippen LogP contribution in [0.25, 0.3) is 0 Å². The molecule has 1 atom stereocenters. The number of rotatable bonds is 3. The van der Waals surface area contributed by atoms with Crippen molar-refractivity contribution < 1.29 is 0 Å². The Bertz CT molecular complexity index is 150. The first-order valence-electron chi connectivity index (χ1n) is 5.54. The van der Waals surface area contributed by atoms with Gasteiger partial charge in [-0.1, -0.05) is 6.42 Å². The van der Waals surface area contributed by atoms with E-state index in [-0.39, 0.29) is 0 Å². The highest BCUT2D eigenvalue weighted by Crippen LogP contribution is 2.30. The second kappa shape index (κ2) is 4.40. The van der Waals surface area contributed by atoms with Crippen LogP contribution in [0.15, 0.2) is 0 Å².